The summed E-state index contributed by atoms with van der Waals surface area (Å²) in [5, 5.41) is 0. The predicted octanol–water partition coefficient (Wildman–Crippen LogP) is 2.39. The second-order valence-electron chi connectivity index (χ2n) is 3.43. The number of anilines is 1. The van der Waals surface area contributed by atoms with Gasteiger partial charge in [-0.05, 0) is 35.7 Å². The Balaban J connectivity index is 2.18. The largest absolute Gasteiger partial charge is 0.397 e. The Labute approximate surface area is 87.6 Å². The van der Waals surface area contributed by atoms with Crippen molar-refractivity contribution < 1.29 is 4.39 Å². The number of rotatable bonds is 2. The number of pyridine rings is 1. The molecule has 2 nitrogen and oxygen atoms in total. The molecule has 0 saturated heterocycles. The van der Waals surface area contributed by atoms with E-state index in [-0.39, 0.29) is 5.82 Å². The molecule has 2 N–H and O–H groups in total. The molecule has 0 bridgehead atoms. The molecule has 0 fully saturated rings. The zero-order valence-corrected chi connectivity index (χ0v) is 8.15. The summed E-state index contributed by atoms with van der Waals surface area (Å²) in [7, 11) is 0. The van der Waals surface area contributed by atoms with Crippen molar-refractivity contribution >= 4 is 5.69 Å². The van der Waals surface area contributed by atoms with Gasteiger partial charge in [0, 0.05) is 12.4 Å². The second-order valence-corrected chi connectivity index (χ2v) is 3.43. The topological polar surface area (TPSA) is 38.9 Å². The summed E-state index contributed by atoms with van der Waals surface area (Å²) < 4.78 is 12.7. The van der Waals surface area contributed by atoms with Gasteiger partial charge in [-0.3, -0.25) is 4.98 Å². The van der Waals surface area contributed by atoms with Crippen LogP contribution in [0.15, 0.2) is 42.7 Å². The lowest BCUT2D eigenvalue weighted by Crippen LogP contribution is -1.92. The Hall–Kier alpha value is -1.90. The van der Waals surface area contributed by atoms with E-state index in [0.29, 0.717) is 5.69 Å². The number of hydrogen-bond acceptors (Lipinski definition) is 2. The Morgan fingerprint density at radius 1 is 1.07 bits per heavy atom. The summed E-state index contributed by atoms with van der Waals surface area (Å²) in [6.45, 7) is 0. The van der Waals surface area contributed by atoms with Gasteiger partial charge in [-0.2, -0.15) is 0 Å². The van der Waals surface area contributed by atoms with Crippen molar-refractivity contribution in [2.45, 2.75) is 6.42 Å². The average molecular weight is 202 g/mol. The number of hydrogen-bond donors (Lipinski definition) is 1. The van der Waals surface area contributed by atoms with Crippen LogP contribution in [0.2, 0.25) is 0 Å². The van der Waals surface area contributed by atoms with Crippen molar-refractivity contribution in [1.29, 1.82) is 0 Å². The van der Waals surface area contributed by atoms with E-state index in [0.717, 1.165) is 17.5 Å². The molecule has 0 radical (unpaired) electrons. The number of aromatic nitrogens is 1. The van der Waals surface area contributed by atoms with Gasteiger partial charge in [-0.25, -0.2) is 4.39 Å². The SMILES string of the molecule is Nc1cncc(Cc2ccc(F)cc2)c1. The van der Waals surface area contributed by atoms with Gasteiger partial charge in [0.2, 0.25) is 0 Å². The van der Waals surface area contributed by atoms with E-state index in [1.165, 1.54) is 12.1 Å². The monoisotopic (exact) mass is 202 g/mol. The van der Waals surface area contributed by atoms with E-state index >= 15 is 0 Å². The second kappa shape index (κ2) is 4.09. The molecule has 0 aliphatic rings. The smallest absolute Gasteiger partial charge is 0.123 e. The van der Waals surface area contributed by atoms with Crippen LogP contribution in [-0.4, -0.2) is 4.98 Å². The summed E-state index contributed by atoms with van der Waals surface area (Å²) in [6.07, 6.45) is 4.09. The van der Waals surface area contributed by atoms with Crippen LogP contribution in [0.5, 0.6) is 0 Å². The highest BCUT2D eigenvalue weighted by molar-refractivity contribution is 5.38. The lowest BCUT2D eigenvalue weighted by atomic mass is 10.1. The van der Waals surface area contributed by atoms with Crippen molar-refractivity contribution in [2.75, 3.05) is 5.73 Å². The molecule has 76 valence electrons. The van der Waals surface area contributed by atoms with Crippen LogP contribution in [-0.2, 0) is 6.42 Å². The molecule has 0 aliphatic carbocycles. The summed E-state index contributed by atoms with van der Waals surface area (Å²) >= 11 is 0. The summed E-state index contributed by atoms with van der Waals surface area (Å²) in [5.41, 5.74) is 8.34. The quantitative estimate of drug-likeness (QED) is 0.812. The van der Waals surface area contributed by atoms with Crippen molar-refractivity contribution in [3.63, 3.8) is 0 Å². The Morgan fingerprint density at radius 3 is 2.47 bits per heavy atom. The minimum Gasteiger partial charge on any atom is -0.397 e. The van der Waals surface area contributed by atoms with Crippen LogP contribution in [0.4, 0.5) is 10.1 Å². The van der Waals surface area contributed by atoms with Gasteiger partial charge in [0.25, 0.3) is 0 Å². The van der Waals surface area contributed by atoms with Crippen molar-refractivity contribution in [1.82, 2.24) is 4.98 Å². The molecule has 15 heavy (non-hydrogen) atoms. The van der Waals surface area contributed by atoms with Crippen LogP contribution in [0.3, 0.4) is 0 Å². The molecule has 1 heterocycles. The standard InChI is InChI=1S/C12H11FN2/c13-11-3-1-9(2-4-11)5-10-6-12(14)8-15-7-10/h1-4,6-8H,5,14H2. The van der Waals surface area contributed by atoms with E-state index in [9.17, 15) is 4.39 Å². The van der Waals surface area contributed by atoms with E-state index in [1.807, 2.05) is 6.07 Å². The minimum absolute atomic E-state index is 0.218. The zero-order valence-electron chi connectivity index (χ0n) is 8.15. The maximum absolute atomic E-state index is 12.7. The van der Waals surface area contributed by atoms with Crippen molar-refractivity contribution in [2.24, 2.45) is 0 Å². The van der Waals surface area contributed by atoms with Crippen LogP contribution in [0.1, 0.15) is 11.1 Å². The Morgan fingerprint density at radius 2 is 1.80 bits per heavy atom. The molecule has 1 aromatic carbocycles. The van der Waals surface area contributed by atoms with Crippen molar-refractivity contribution in [3.8, 4) is 0 Å². The average Bonchev–Trinajstić information content (AvgIpc) is 2.22. The first-order valence-electron chi connectivity index (χ1n) is 4.68. The first-order chi connectivity index (χ1) is 7.24. The minimum atomic E-state index is -0.218. The van der Waals surface area contributed by atoms with Gasteiger partial charge in [0.15, 0.2) is 0 Å². The van der Waals surface area contributed by atoms with E-state index in [4.69, 9.17) is 5.73 Å². The van der Waals surface area contributed by atoms with Crippen molar-refractivity contribution in [3.05, 3.63) is 59.7 Å². The molecule has 0 spiro atoms. The lowest BCUT2D eigenvalue weighted by Gasteiger charge is -2.02. The highest BCUT2D eigenvalue weighted by Crippen LogP contribution is 2.11. The maximum atomic E-state index is 12.7. The number of benzene rings is 1. The highest BCUT2D eigenvalue weighted by Gasteiger charge is 1.97. The molecular formula is C12H11FN2. The third-order valence-corrected chi connectivity index (χ3v) is 2.14. The van der Waals surface area contributed by atoms with Crippen LogP contribution in [0.25, 0.3) is 0 Å². The van der Waals surface area contributed by atoms with E-state index in [2.05, 4.69) is 4.98 Å². The molecule has 2 aromatic rings. The summed E-state index contributed by atoms with van der Waals surface area (Å²) in [4.78, 5) is 4.00. The third kappa shape index (κ3) is 2.53. The Kier molecular flexibility index (Phi) is 2.63. The fraction of sp³-hybridized carbons (Fsp3) is 0.0833. The molecule has 0 unspecified atom stereocenters. The van der Waals surface area contributed by atoms with Gasteiger partial charge < -0.3 is 5.73 Å². The van der Waals surface area contributed by atoms with Crippen LogP contribution in [0, 0.1) is 5.82 Å². The summed E-state index contributed by atoms with van der Waals surface area (Å²) in [6, 6.07) is 8.30. The van der Waals surface area contributed by atoms with Gasteiger partial charge in [-0.1, -0.05) is 12.1 Å². The fourth-order valence-electron chi connectivity index (χ4n) is 1.44. The summed E-state index contributed by atoms with van der Waals surface area (Å²) in [5.74, 6) is -0.218. The molecule has 0 aliphatic heterocycles. The molecule has 0 saturated carbocycles. The van der Waals surface area contributed by atoms with Gasteiger partial charge in [0.05, 0.1) is 5.69 Å². The van der Waals surface area contributed by atoms with Crippen LogP contribution >= 0.6 is 0 Å². The number of halogens is 1. The van der Waals surface area contributed by atoms with Gasteiger partial charge in [-0.15, -0.1) is 0 Å². The highest BCUT2D eigenvalue weighted by atomic mass is 19.1. The fourth-order valence-corrected chi connectivity index (χ4v) is 1.44. The predicted molar refractivity (Wildman–Crippen MR) is 57.9 cm³/mol. The Bertz CT molecular complexity index is 451. The lowest BCUT2D eigenvalue weighted by molar-refractivity contribution is 0.627. The molecule has 3 heteroatoms. The first kappa shape index (κ1) is 9.65. The van der Waals surface area contributed by atoms with E-state index in [1.54, 1.807) is 24.5 Å². The molecule has 1 aromatic heterocycles. The van der Waals surface area contributed by atoms with E-state index < -0.39 is 0 Å². The molecule has 2 rings (SSSR count). The maximum Gasteiger partial charge on any atom is 0.123 e. The molecule has 0 amide bonds. The number of nitrogens with zero attached hydrogens (tertiary/aromatic N) is 1. The normalized spacial score (nSPS) is 10.2. The van der Waals surface area contributed by atoms with Gasteiger partial charge in [0.1, 0.15) is 5.82 Å². The number of nitrogens with two attached hydrogens (primary N) is 1. The number of nitrogen functional groups attached to an aromatic ring is 1. The van der Waals surface area contributed by atoms with Gasteiger partial charge >= 0.3 is 0 Å². The molecular weight excluding hydrogens is 191 g/mol. The third-order valence-electron chi connectivity index (χ3n) is 2.14. The van der Waals surface area contributed by atoms with Crippen LogP contribution < -0.4 is 5.73 Å². The zero-order chi connectivity index (χ0) is 10.7. The first-order valence-corrected chi connectivity index (χ1v) is 4.68. The molecule has 0 atom stereocenters.